The molecular weight excluding hydrogens is 300 g/mol. The van der Waals surface area contributed by atoms with Crippen molar-refractivity contribution >= 4 is 11.6 Å². The first kappa shape index (κ1) is 18.6. The Balaban J connectivity index is 1.74. The molecule has 1 aliphatic rings. The molecule has 5 heteroatoms. The second-order valence-corrected chi connectivity index (χ2v) is 6.64. The van der Waals surface area contributed by atoms with Gasteiger partial charge in [-0.3, -0.25) is 4.99 Å². The van der Waals surface area contributed by atoms with Crippen LogP contribution < -0.4 is 16.0 Å². The molecule has 1 aromatic carbocycles. The molecule has 0 atom stereocenters. The van der Waals surface area contributed by atoms with Crippen molar-refractivity contribution in [1.82, 2.24) is 10.6 Å². The number of hydrogen-bond acceptors (Lipinski definition) is 3. The SMILES string of the molecule is CN=C(NCc1ccc(NCCOC)cc1)NC1CCC(C)CC1. The summed E-state index contributed by atoms with van der Waals surface area (Å²) >= 11 is 0. The van der Waals surface area contributed by atoms with E-state index in [1.54, 1.807) is 7.11 Å². The fourth-order valence-corrected chi connectivity index (χ4v) is 3.02. The first-order valence-corrected chi connectivity index (χ1v) is 9.00. The van der Waals surface area contributed by atoms with Crippen LogP contribution in [0.2, 0.25) is 0 Å². The molecule has 1 fully saturated rings. The van der Waals surface area contributed by atoms with Crippen LogP contribution in [0.5, 0.6) is 0 Å². The maximum absolute atomic E-state index is 5.04. The van der Waals surface area contributed by atoms with Gasteiger partial charge < -0.3 is 20.7 Å². The monoisotopic (exact) mass is 332 g/mol. The Morgan fingerprint density at radius 3 is 2.50 bits per heavy atom. The van der Waals surface area contributed by atoms with Crippen molar-refractivity contribution in [3.63, 3.8) is 0 Å². The summed E-state index contributed by atoms with van der Waals surface area (Å²) in [6.45, 7) is 4.66. The topological polar surface area (TPSA) is 57.7 Å². The van der Waals surface area contributed by atoms with E-state index >= 15 is 0 Å². The van der Waals surface area contributed by atoms with Gasteiger partial charge >= 0.3 is 0 Å². The molecule has 0 aromatic heterocycles. The molecule has 2 rings (SSSR count). The Labute approximate surface area is 146 Å². The number of nitrogens with one attached hydrogen (secondary N) is 3. The number of rotatable bonds is 7. The van der Waals surface area contributed by atoms with Crippen LogP contribution in [0, 0.1) is 5.92 Å². The summed E-state index contributed by atoms with van der Waals surface area (Å²) in [6, 6.07) is 9.03. The fourth-order valence-electron chi connectivity index (χ4n) is 3.02. The van der Waals surface area contributed by atoms with Crippen molar-refractivity contribution in [3.8, 4) is 0 Å². The lowest BCUT2D eigenvalue weighted by molar-refractivity contribution is 0.211. The highest BCUT2D eigenvalue weighted by Crippen LogP contribution is 2.23. The van der Waals surface area contributed by atoms with E-state index in [0.717, 1.165) is 30.7 Å². The number of methoxy groups -OCH3 is 1. The molecule has 3 N–H and O–H groups in total. The van der Waals surface area contributed by atoms with Gasteiger partial charge in [-0.15, -0.1) is 0 Å². The minimum Gasteiger partial charge on any atom is -0.383 e. The van der Waals surface area contributed by atoms with Crippen LogP contribution in [0.15, 0.2) is 29.3 Å². The second kappa shape index (κ2) is 10.2. The third-order valence-electron chi connectivity index (χ3n) is 4.63. The highest BCUT2D eigenvalue weighted by molar-refractivity contribution is 5.79. The maximum atomic E-state index is 5.04. The van der Waals surface area contributed by atoms with E-state index < -0.39 is 0 Å². The average molecular weight is 332 g/mol. The number of hydrogen-bond donors (Lipinski definition) is 3. The van der Waals surface area contributed by atoms with E-state index in [2.05, 4.69) is 52.1 Å². The third kappa shape index (κ3) is 6.40. The maximum Gasteiger partial charge on any atom is 0.191 e. The average Bonchev–Trinajstić information content (AvgIpc) is 2.61. The summed E-state index contributed by atoms with van der Waals surface area (Å²) in [5, 5.41) is 10.3. The second-order valence-electron chi connectivity index (χ2n) is 6.64. The summed E-state index contributed by atoms with van der Waals surface area (Å²) in [4.78, 5) is 4.35. The molecule has 0 saturated heterocycles. The summed E-state index contributed by atoms with van der Waals surface area (Å²) in [6.07, 6.45) is 5.10. The van der Waals surface area contributed by atoms with Crippen LogP contribution in [0.3, 0.4) is 0 Å². The van der Waals surface area contributed by atoms with Gasteiger partial charge in [0.15, 0.2) is 5.96 Å². The van der Waals surface area contributed by atoms with Crippen LogP contribution >= 0.6 is 0 Å². The van der Waals surface area contributed by atoms with Crippen molar-refractivity contribution in [2.45, 2.75) is 45.2 Å². The van der Waals surface area contributed by atoms with Crippen LogP contribution in [0.1, 0.15) is 38.2 Å². The highest BCUT2D eigenvalue weighted by atomic mass is 16.5. The molecule has 0 amide bonds. The largest absolute Gasteiger partial charge is 0.383 e. The van der Waals surface area contributed by atoms with Crippen LogP contribution in [-0.4, -0.2) is 39.3 Å². The van der Waals surface area contributed by atoms with Crippen molar-refractivity contribution < 1.29 is 4.74 Å². The smallest absolute Gasteiger partial charge is 0.191 e. The third-order valence-corrected chi connectivity index (χ3v) is 4.63. The Hall–Kier alpha value is -1.75. The molecule has 1 aromatic rings. The predicted octanol–water partition coefficient (Wildman–Crippen LogP) is 2.99. The van der Waals surface area contributed by atoms with Gasteiger partial charge in [-0.2, -0.15) is 0 Å². The van der Waals surface area contributed by atoms with Crippen molar-refractivity contribution in [2.75, 3.05) is 32.6 Å². The summed E-state index contributed by atoms with van der Waals surface area (Å²) < 4.78 is 5.04. The zero-order chi connectivity index (χ0) is 17.2. The first-order chi connectivity index (χ1) is 11.7. The minimum atomic E-state index is 0.555. The summed E-state index contributed by atoms with van der Waals surface area (Å²) in [5.74, 6) is 1.77. The molecular formula is C19H32N4O. The van der Waals surface area contributed by atoms with Gasteiger partial charge in [-0.05, 0) is 49.3 Å². The van der Waals surface area contributed by atoms with Gasteiger partial charge in [-0.25, -0.2) is 0 Å². The quantitative estimate of drug-likeness (QED) is 0.408. The Kier molecular flexibility index (Phi) is 7.89. The van der Waals surface area contributed by atoms with E-state index in [-0.39, 0.29) is 0 Å². The zero-order valence-corrected chi connectivity index (χ0v) is 15.3. The standard InChI is InChI=1S/C19H32N4O/c1-15-4-8-18(9-5-15)23-19(20-2)22-14-16-6-10-17(11-7-16)21-12-13-24-3/h6-7,10-11,15,18,21H,4-5,8-9,12-14H2,1-3H3,(H2,20,22,23). The summed E-state index contributed by atoms with van der Waals surface area (Å²) in [5.41, 5.74) is 2.36. The van der Waals surface area contributed by atoms with Crippen molar-refractivity contribution in [2.24, 2.45) is 10.9 Å². The van der Waals surface area contributed by atoms with E-state index in [1.165, 1.54) is 31.2 Å². The van der Waals surface area contributed by atoms with Crippen LogP contribution in [0.4, 0.5) is 5.69 Å². The van der Waals surface area contributed by atoms with Gasteiger partial charge in [0.1, 0.15) is 0 Å². The zero-order valence-electron chi connectivity index (χ0n) is 15.3. The lowest BCUT2D eigenvalue weighted by Crippen LogP contribution is -2.44. The Morgan fingerprint density at radius 1 is 1.17 bits per heavy atom. The van der Waals surface area contributed by atoms with Gasteiger partial charge in [-0.1, -0.05) is 19.1 Å². The van der Waals surface area contributed by atoms with Gasteiger partial charge in [0.25, 0.3) is 0 Å². The molecule has 5 nitrogen and oxygen atoms in total. The molecule has 0 heterocycles. The normalized spacial score (nSPS) is 21.4. The number of benzene rings is 1. The number of anilines is 1. The number of aliphatic imine (C=N–C) groups is 1. The van der Waals surface area contributed by atoms with Gasteiger partial charge in [0.05, 0.1) is 6.61 Å². The molecule has 0 unspecified atom stereocenters. The molecule has 24 heavy (non-hydrogen) atoms. The van der Waals surface area contributed by atoms with E-state index in [9.17, 15) is 0 Å². The number of ether oxygens (including phenoxy) is 1. The molecule has 0 radical (unpaired) electrons. The fraction of sp³-hybridized carbons (Fsp3) is 0.632. The molecule has 134 valence electrons. The Bertz CT molecular complexity index is 493. The minimum absolute atomic E-state index is 0.555. The van der Waals surface area contributed by atoms with E-state index in [4.69, 9.17) is 4.74 Å². The van der Waals surface area contributed by atoms with Crippen molar-refractivity contribution in [3.05, 3.63) is 29.8 Å². The predicted molar refractivity (Wildman–Crippen MR) is 102 cm³/mol. The highest BCUT2D eigenvalue weighted by Gasteiger charge is 2.18. The lowest BCUT2D eigenvalue weighted by atomic mass is 9.87. The van der Waals surface area contributed by atoms with E-state index in [0.29, 0.717) is 12.6 Å². The van der Waals surface area contributed by atoms with Crippen LogP contribution in [0.25, 0.3) is 0 Å². The Morgan fingerprint density at radius 2 is 1.88 bits per heavy atom. The number of nitrogens with zero attached hydrogens (tertiary/aromatic N) is 1. The van der Waals surface area contributed by atoms with Crippen LogP contribution in [-0.2, 0) is 11.3 Å². The van der Waals surface area contributed by atoms with Gasteiger partial charge in [0.2, 0.25) is 0 Å². The first-order valence-electron chi connectivity index (χ1n) is 9.00. The van der Waals surface area contributed by atoms with Crippen molar-refractivity contribution in [1.29, 1.82) is 0 Å². The molecule has 0 spiro atoms. The van der Waals surface area contributed by atoms with Gasteiger partial charge in [0, 0.05) is 39.0 Å². The molecule has 1 saturated carbocycles. The number of guanidine groups is 1. The summed E-state index contributed by atoms with van der Waals surface area (Å²) in [7, 11) is 3.55. The lowest BCUT2D eigenvalue weighted by Gasteiger charge is -2.28. The molecule has 1 aliphatic carbocycles. The van der Waals surface area contributed by atoms with E-state index in [1.807, 2.05) is 7.05 Å². The molecule has 0 aliphatic heterocycles. The molecule has 0 bridgehead atoms.